The quantitative estimate of drug-likeness (QED) is 0.156. The zero-order valence-electron chi connectivity index (χ0n) is 22.0. The van der Waals surface area contributed by atoms with Gasteiger partial charge in [-0.05, 0) is 59.2 Å². The molecule has 1 heterocycles. The van der Waals surface area contributed by atoms with Gasteiger partial charge in [0.2, 0.25) is 11.2 Å². The van der Waals surface area contributed by atoms with Gasteiger partial charge in [0.15, 0.2) is 17.3 Å². The number of fused-ring (bicyclic) bond motifs is 1. The average Bonchev–Trinajstić information content (AvgIpc) is 2.97. The van der Waals surface area contributed by atoms with E-state index in [4.69, 9.17) is 18.6 Å². The van der Waals surface area contributed by atoms with E-state index in [1.807, 2.05) is 24.3 Å². The zero-order valence-corrected chi connectivity index (χ0v) is 22.0. The molecular weight excluding hydrogens is 532 g/mol. The molecule has 0 fully saturated rings. The Hall–Kier alpha value is -5.35. The predicted octanol–water partition coefficient (Wildman–Crippen LogP) is 5.39. The Kier molecular flexibility index (Phi) is 7.32. The Balaban J connectivity index is 1.57. The monoisotopic (exact) mass is 558 g/mol. The maximum absolute atomic E-state index is 13.3. The Morgan fingerprint density at radius 3 is 2.10 bits per heavy atom. The second-order valence-electron chi connectivity index (χ2n) is 9.17. The number of ether oxygens (including phenoxy) is 3. The molecule has 5 N–H and O–H groups in total. The molecule has 0 aliphatic rings. The van der Waals surface area contributed by atoms with Crippen molar-refractivity contribution < 1.29 is 44.2 Å². The van der Waals surface area contributed by atoms with Crippen LogP contribution in [0, 0.1) is 0 Å². The van der Waals surface area contributed by atoms with E-state index in [-0.39, 0.29) is 41.1 Å². The normalized spacial score (nSPS) is 11.1. The molecule has 0 bridgehead atoms. The highest BCUT2D eigenvalue weighted by molar-refractivity contribution is 5.97. The molecule has 0 saturated heterocycles. The van der Waals surface area contributed by atoms with Gasteiger partial charge >= 0.3 is 0 Å². The zero-order chi connectivity index (χ0) is 29.3. The van der Waals surface area contributed by atoms with Gasteiger partial charge in [0.05, 0.1) is 33.0 Å². The van der Waals surface area contributed by atoms with Crippen molar-refractivity contribution in [1.29, 1.82) is 0 Å². The number of hydrogen-bond donors (Lipinski definition) is 5. The van der Waals surface area contributed by atoms with Crippen LogP contribution in [-0.2, 0) is 18.0 Å². The van der Waals surface area contributed by atoms with E-state index in [1.54, 1.807) is 25.3 Å². The van der Waals surface area contributed by atoms with Gasteiger partial charge < -0.3 is 44.2 Å². The van der Waals surface area contributed by atoms with Crippen LogP contribution in [-0.4, -0.2) is 39.8 Å². The first-order valence-electron chi connectivity index (χ1n) is 12.4. The van der Waals surface area contributed by atoms with Gasteiger partial charge in [-0.25, -0.2) is 0 Å². The number of benzene rings is 4. The van der Waals surface area contributed by atoms with Crippen LogP contribution >= 0.6 is 0 Å². The first kappa shape index (κ1) is 27.2. The minimum absolute atomic E-state index is 0.0822. The summed E-state index contributed by atoms with van der Waals surface area (Å²) in [6, 6.07) is 17.1. The number of hydrogen-bond acceptors (Lipinski definition) is 10. The Labute approximate surface area is 233 Å². The molecule has 210 valence electrons. The SMILES string of the molecule is COc1ccc(COCc2ccc(OC)cc2-c2c(O)cc3oc(-c4ccc(O)c(O)c4)c(O)c(=O)c3c2O)cc1. The van der Waals surface area contributed by atoms with Gasteiger partial charge in [-0.15, -0.1) is 0 Å². The highest BCUT2D eigenvalue weighted by Crippen LogP contribution is 2.46. The lowest BCUT2D eigenvalue weighted by atomic mass is 9.95. The summed E-state index contributed by atoms with van der Waals surface area (Å²) in [7, 11) is 3.05. The lowest BCUT2D eigenvalue weighted by Crippen LogP contribution is -2.04. The van der Waals surface area contributed by atoms with Crippen molar-refractivity contribution in [1.82, 2.24) is 0 Å². The van der Waals surface area contributed by atoms with Gasteiger partial charge in [-0.3, -0.25) is 4.79 Å². The van der Waals surface area contributed by atoms with E-state index in [1.165, 1.54) is 13.2 Å². The van der Waals surface area contributed by atoms with Gasteiger partial charge in [-0.2, -0.15) is 0 Å². The van der Waals surface area contributed by atoms with E-state index < -0.39 is 34.2 Å². The summed E-state index contributed by atoms with van der Waals surface area (Å²) in [4.78, 5) is 13.3. The van der Waals surface area contributed by atoms with E-state index in [9.17, 15) is 30.3 Å². The van der Waals surface area contributed by atoms with Crippen LogP contribution in [0.3, 0.4) is 0 Å². The first-order valence-corrected chi connectivity index (χ1v) is 12.4. The Morgan fingerprint density at radius 1 is 0.707 bits per heavy atom. The van der Waals surface area contributed by atoms with Crippen LogP contribution < -0.4 is 14.9 Å². The van der Waals surface area contributed by atoms with Crippen LogP contribution in [0.25, 0.3) is 33.4 Å². The summed E-state index contributed by atoms with van der Waals surface area (Å²) >= 11 is 0. The second-order valence-corrected chi connectivity index (χ2v) is 9.17. The van der Waals surface area contributed by atoms with Gasteiger partial charge in [-0.1, -0.05) is 18.2 Å². The fourth-order valence-electron chi connectivity index (χ4n) is 4.48. The van der Waals surface area contributed by atoms with Crippen LogP contribution in [0.1, 0.15) is 11.1 Å². The van der Waals surface area contributed by atoms with Gasteiger partial charge in [0.25, 0.3) is 0 Å². The number of phenolic OH excluding ortho intramolecular Hbond substituents is 4. The summed E-state index contributed by atoms with van der Waals surface area (Å²) in [6.45, 7) is 0.365. The predicted molar refractivity (Wildman–Crippen MR) is 150 cm³/mol. The highest BCUT2D eigenvalue weighted by atomic mass is 16.5. The molecule has 0 amide bonds. The standard InChI is InChI=1S/C31H26O10/c1-38-19-7-3-16(4-8-19)14-40-15-18-5-9-20(39-2)12-21(18)26-24(34)13-25-27(28(26)35)29(36)30(37)31(41-25)17-6-10-22(32)23(33)11-17/h3-13,32-35,37H,14-15H2,1-2H3. The summed E-state index contributed by atoms with van der Waals surface area (Å²) in [5.74, 6) is -1.93. The Bertz CT molecular complexity index is 1810. The molecule has 0 aliphatic carbocycles. The number of phenols is 4. The van der Waals surface area contributed by atoms with Crippen LogP contribution in [0.5, 0.6) is 40.2 Å². The number of methoxy groups -OCH3 is 2. The van der Waals surface area contributed by atoms with Gasteiger partial charge in [0, 0.05) is 11.6 Å². The van der Waals surface area contributed by atoms with Crippen molar-refractivity contribution in [2.24, 2.45) is 0 Å². The molecule has 5 rings (SSSR count). The van der Waals surface area contributed by atoms with Crippen molar-refractivity contribution in [2.45, 2.75) is 13.2 Å². The lowest BCUT2D eigenvalue weighted by Gasteiger charge is -2.16. The van der Waals surface area contributed by atoms with Crippen LogP contribution in [0.2, 0.25) is 0 Å². The molecule has 0 spiro atoms. The fraction of sp³-hybridized carbons (Fsp3) is 0.129. The first-order chi connectivity index (χ1) is 19.7. The molecular formula is C31H26O10. The third kappa shape index (κ3) is 5.15. The van der Waals surface area contributed by atoms with Crippen molar-refractivity contribution in [3.8, 4) is 62.7 Å². The van der Waals surface area contributed by atoms with Crippen molar-refractivity contribution in [2.75, 3.05) is 14.2 Å². The molecule has 0 atom stereocenters. The average molecular weight is 559 g/mol. The highest BCUT2D eigenvalue weighted by Gasteiger charge is 2.25. The molecule has 0 aliphatic heterocycles. The lowest BCUT2D eigenvalue weighted by molar-refractivity contribution is 0.107. The van der Waals surface area contributed by atoms with Crippen molar-refractivity contribution >= 4 is 11.0 Å². The minimum Gasteiger partial charge on any atom is -0.507 e. The summed E-state index contributed by atoms with van der Waals surface area (Å²) < 4.78 is 22.1. The molecule has 1 aromatic heterocycles. The maximum atomic E-state index is 13.3. The summed E-state index contributed by atoms with van der Waals surface area (Å²) in [5, 5.41) is 52.1. The third-order valence-corrected chi connectivity index (χ3v) is 6.62. The van der Waals surface area contributed by atoms with E-state index in [0.29, 0.717) is 16.9 Å². The molecule has 4 aromatic carbocycles. The molecule has 0 unspecified atom stereocenters. The third-order valence-electron chi connectivity index (χ3n) is 6.62. The molecule has 0 radical (unpaired) electrons. The topological polar surface area (TPSA) is 159 Å². The maximum Gasteiger partial charge on any atom is 0.238 e. The smallest absolute Gasteiger partial charge is 0.238 e. The number of aromatic hydroxyl groups is 5. The van der Waals surface area contributed by atoms with E-state index in [0.717, 1.165) is 29.5 Å². The summed E-state index contributed by atoms with van der Waals surface area (Å²) in [5.41, 5.74) is 0.645. The second kappa shape index (κ2) is 11.0. The largest absolute Gasteiger partial charge is 0.507 e. The van der Waals surface area contributed by atoms with Crippen LogP contribution in [0.4, 0.5) is 0 Å². The number of rotatable bonds is 8. The molecule has 5 aromatic rings. The molecule has 41 heavy (non-hydrogen) atoms. The van der Waals surface area contributed by atoms with Crippen molar-refractivity contribution in [3.05, 3.63) is 88.1 Å². The summed E-state index contributed by atoms with van der Waals surface area (Å²) in [6.07, 6.45) is 0. The van der Waals surface area contributed by atoms with Crippen molar-refractivity contribution in [3.63, 3.8) is 0 Å². The molecule has 0 saturated carbocycles. The van der Waals surface area contributed by atoms with Gasteiger partial charge in [0.1, 0.15) is 34.0 Å². The fourth-order valence-corrected chi connectivity index (χ4v) is 4.48. The van der Waals surface area contributed by atoms with Crippen LogP contribution in [0.15, 0.2) is 75.9 Å². The minimum atomic E-state index is -0.965. The molecule has 10 heteroatoms. The molecule has 10 nitrogen and oxygen atoms in total. The van der Waals surface area contributed by atoms with E-state index >= 15 is 0 Å². The van der Waals surface area contributed by atoms with E-state index in [2.05, 4.69) is 0 Å². The Morgan fingerprint density at radius 2 is 1.41 bits per heavy atom.